The van der Waals surface area contributed by atoms with Crippen molar-refractivity contribution in [1.82, 2.24) is 9.97 Å². The molecule has 2 heterocycles. The molecular weight excluding hydrogens is 350 g/mol. The monoisotopic (exact) mass is 371 g/mol. The Bertz CT molecular complexity index is 960. The first kappa shape index (κ1) is 18.0. The molecular formula is C22H21N5O. The fourth-order valence-corrected chi connectivity index (χ4v) is 3.13. The number of benzene rings is 2. The van der Waals surface area contributed by atoms with Crippen molar-refractivity contribution in [2.24, 2.45) is 0 Å². The first-order valence-corrected chi connectivity index (χ1v) is 9.37. The van der Waals surface area contributed by atoms with Crippen molar-refractivity contribution in [2.75, 3.05) is 23.8 Å². The standard InChI is InChI=1S/C22H21N5O/c23-14-16-8-10-18(11-9-16)25-21-13-20(17-5-2-1-3-6-17)26-22(27-21)24-15-19-7-4-12-28-19/h1-3,5-6,8-11,13,19H,4,7,12,15H2,(H2,24,25,26,27). The Labute approximate surface area is 164 Å². The van der Waals surface area contributed by atoms with Crippen LogP contribution >= 0.6 is 0 Å². The second kappa shape index (κ2) is 8.51. The van der Waals surface area contributed by atoms with E-state index in [0.29, 0.717) is 23.9 Å². The molecule has 28 heavy (non-hydrogen) atoms. The minimum atomic E-state index is 0.207. The minimum absolute atomic E-state index is 0.207. The van der Waals surface area contributed by atoms with Crippen molar-refractivity contribution in [2.45, 2.75) is 18.9 Å². The van der Waals surface area contributed by atoms with Crippen molar-refractivity contribution >= 4 is 17.5 Å². The summed E-state index contributed by atoms with van der Waals surface area (Å²) in [5.41, 5.74) is 3.34. The van der Waals surface area contributed by atoms with Crippen LogP contribution < -0.4 is 10.6 Å². The number of nitrogens with zero attached hydrogens (tertiary/aromatic N) is 3. The number of aromatic nitrogens is 2. The molecule has 6 nitrogen and oxygen atoms in total. The zero-order valence-corrected chi connectivity index (χ0v) is 15.4. The lowest BCUT2D eigenvalue weighted by atomic mass is 10.1. The highest BCUT2D eigenvalue weighted by Gasteiger charge is 2.16. The van der Waals surface area contributed by atoms with Crippen molar-refractivity contribution in [3.05, 3.63) is 66.2 Å². The summed E-state index contributed by atoms with van der Waals surface area (Å²) in [6.07, 6.45) is 2.36. The molecule has 0 aliphatic carbocycles. The highest BCUT2D eigenvalue weighted by atomic mass is 16.5. The van der Waals surface area contributed by atoms with Gasteiger partial charge in [0.2, 0.25) is 5.95 Å². The van der Waals surface area contributed by atoms with Gasteiger partial charge in [0.25, 0.3) is 0 Å². The number of nitriles is 1. The maximum atomic E-state index is 8.96. The second-order valence-corrected chi connectivity index (χ2v) is 6.66. The van der Waals surface area contributed by atoms with E-state index in [1.54, 1.807) is 12.1 Å². The van der Waals surface area contributed by atoms with Crippen LogP contribution in [-0.2, 0) is 4.74 Å². The van der Waals surface area contributed by atoms with E-state index in [-0.39, 0.29) is 6.10 Å². The van der Waals surface area contributed by atoms with Gasteiger partial charge in [-0.15, -0.1) is 0 Å². The molecule has 1 aliphatic heterocycles. The molecule has 4 rings (SSSR count). The molecule has 0 saturated carbocycles. The van der Waals surface area contributed by atoms with E-state index in [9.17, 15) is 0 Å². The molecule has 140 valence electrons. The Morgan fingerprint density at radius 2 is 1.89 bits per heavy atom. The van der Waals surface area contributed by atoms with Crippen LogP contribution in [0.5, 0.6) is 0 Å². The molecule has 0 amide bonds. The topological polar surface area (TPSA) is 82.9 Å². The van der Waals surface area contributed by atoms with Gasteiger partial charge in [-0.1, -0.05) is 30.3 Å². The van der Waals surface area contributed by atoms with Crippen LogP contribution in [-0.4, -0.2) is 29.2 Å². The average Bonchev–Trinajstić information content (AvgIpc) is 3.27. The van der Waals surface area contributed by atoms with Crippen LogP contribution in [0.25, 0.3) is 11.3 Å². The molecule has 0 bridgehead atoms. The average molecular weight is 371 g/mol. The highest BCUT2D eigenvalue weighted by Crippen LogP contribution is 2.24. The fraction of sp³-hybridized carbons (Fsp3) is 0.227. The third-order valence-electron chi connectivity index (χ3n) is 4.59. The van der Waals surface area contributed by atoms with Crippen LogP contribution in [0, 0.1) is 11.3 Å². The van der Waals surface area contributed by atoms with Crippen molar-refractivity contribution in [1.29, 1.82) is 5.26 Å². The smallest absolute Gasteiger partial charge is 0.225 e. The zero-order valence-electron chi connectivity index (χ0n) is 15.4. The van der Waals surface area contributed by atoms with Gasteiger partial charge >= 0.3 is 0 Å². The molecule has 0 spiro atoms. The van der Waals surface area contributed by atoms with Gasteiger partial charge in [0, 0.05) is 30.5 Å². The SMILES string of the molecule is N#Cc1ccc(Nc2cc(-c3ccccc3)nc(NCC3CCCO3)n2)cc1. The number of ether oxygens (including phenoxy) is 1. The normalized spacial score (nSPS) is 15.8. The lowest BCUT2D eigenvalue weighted by Crippen LogP contribution is -2.20. The lowest BCUT2D eigenvalue weighted by molar-refractivity contribution is 0.120. The van der Waals surface area contributed by atoms with Gasteiger partial charge in [0.15, 0.2) is 0 Å². The van der Waals surface area contributed by atoms with Gasteiger partial charge in [0.1, 0.15) is 5.82 Å². The summed E-state index contributed by atoms with van der Waals surface area (Å²) in [7, 11) is 0. The van der Waals surface area contributed by atoms with Crippen LogP contribution in [0.2, 0.25) is 0 Å². The Morgan fingerprint density at radius 3 is 2.61 bits per heavy atom. The van der Waals surface area contributed by atoms with E-state index in [1.165, 1.54) is 0 Å². The molecule has 1 atom stereocenters. The molecule has 1 unspecified atom stereocenters. The second-order valence-electron chi connectivity index (χ2n) is 6.66. The van der Waals surface area contributed by atoms with Gasteiger partial charge in [-0.2, -0.15) is 10.2 Å². The minimum Gasteiger partial charge on any atom is -0.376 e. The van der Waals surface area contributed by atoms with E-state index in [0.717, 1.165) is 36.4 Å². The molecule has 3 aromatic rings. The van der Waals surface area contributed by atoms with Gasteiger partial charge in [-0.25, -0.2) is 4.98 Å². The third-order valence-corrected chi connectivity index (χ3v) is 4.59. The third kappa shape index (κ3) is 4.45. The maximum Gasteiger partial charge on any atom is 0.225 e. The Kier molecular flexibility index (Phi) is 5.46. The van der Waals surface area contributed by atoms with Crippen molar-refractivity contribution in [3.8, 4) is 17.3 Å². The lowest BCUT2D eigenvalue weighted by Gasteiger charge is -2.14. The molecule has 2 N–H and O–H groups in total. The van der Waals surface area contributed by atoms with Crippen molar-refractivity contribution in [3.63, 3.8) is 0 Å². The predicted octanol–water partition coefficient (Wildman–Crippen LogP) is 4.35. The van der Waals surface area contributed by atoms with E-state index in [4.69, 9.17) is 10.00 Å². The predicted molar refractivity (Wildman–Crippen MR) is 109 cm³/mol. The van der Waals surface area contributed by atoms with Crippen LogP contribution in [0.3, 0.4) is 0 Å². The van der Waals surface area contributed by atoms with E-state index < -0.39 is 0 Å². The summed E-state index contributed by atoms with van der Waals surface area (Å²) in [4.78, 5) is 9.28. The summed E-state index contributed by atoms with van der Waals surface area (Å²) in [6.45, 7) is 1.51. The Balaban J connectivity index is 1.59. The summed E-state index contributed by atoms with van der Waals surface area (Å²) < 4.78 is 5.68. The maximum absolute atomic E-state index is 8.96. The quantitative estimate of drug-likeness (QED) is 0.670. The molecule has 1 aliphatic rings. The largest absolute Gasteiger partial charge is 0.376 e. The molecule has 1 fully saturated rings. The van der Waals surface area contributed by atoms with E-state index >= 15 is 0 Å². The molecule has 2 aromatic carbocycles. The summed E-state index contributed by atoms with van der Waals surface area (Å²) in [5.74, 6) is 1.25. The Hall–Kier alpha value is -3.43. The summed E-state index contributed by atoms with van der Waals surface area (Å²) in [5, 5.41) is 15.6. The molecule has 1 aromatic heterocycles. The van der Waals surface area contributed by atoms with Gasteiger partial charge < -0.3 is 15.4 Å². The number of hydrogen-bond acceptors (Lipinski definition) is 6. The van der Waals surface area contributed by atoms with Crippen LogP contribution in [0.15, 0.2) is 60.7 Å². The summed E-state index contributed by atoms with van der Waals surface area (Å²) >= 11 is 0. The zero-order chi connectivity index (χ0) is 19.2. The van der Waals surface area contributed by atoms with Crippen molar-refractivity contribution < 1.29 is 4.74 Å². The molecule has 0 radical (unpaired) electrons. The molecule has 6 heteroatoms. The van der Waals surface area contributed by atoms with Crippen LogP contribution in [0.4, 0.5) is 17.5 Å². The van der Waals surface area contributed by atoms with Gasteiger partial charge in [-0.3, -0.25) is 0 Å². The number of rotatable bonds is 6. The highest BCUT2D eigenvalue weighted by molar-refractivity contribution is 5.67. The van der Waals surface area contributed by atoms with Gasteiger partial charge in [-0.05, 0) is 37.1 Å². The van der Waals surface area contributed by atoms with E-state index in [1.807, 2.05) is 48.5 Å². The first-order valence-electron chi connectivity index (χ1n) is 9.37. The number of anilines is 3. The first-order chi connectivity index (χ1) is 13.8. The fourth-order valence-electron chi connectivity index (χ4n) is 3.13. The van der Waals surface area contributed by atoms with E-state index in [2.05, 4.69) is 26.7 Å². The summed E-state index contributed by atoms with van der Waals surface area (Å²) in [6, 6.07) is 21.3. The van der Waals surface area contributed by atoms with Gasteiger partial charge in [0.05, 0.1) is 23.4 Å². The number of hydrogen-bond donors (Lipinski definition) is 2. The number of nitrogens with one attached hydrogen (secondary N) is 2. The Morgan fingerprint density at radius 1 is 1.07 bits per heavy atom. The van der Waals surface area contributed by atoms with Crippen LogP contribution in [0.1, 0.15) is 18.4 Å². The molecule has 1 saturated heterocycles.